The summed E-state index contributed by atoms with van der Waals surface area (Å²) in [5.41, 5.74) is 0.269. The Bertz CT molecular complexity index is 1040. The highest BCUT2D eigenvalue weighted by atomic mass is 19.4. The second-order valence-corrected chi connectivity index (χ2v) is 8.93. The molecular weight excluding hydrogens is 438 g/mol. The highest BCUT2D eigenvalue weighted by Crippen LogP contribution is 2.41. The fourth-order valence-corrected chi connectivity index (χ4v) is 4.55. The van der Waals surface area contributed by atoms with E-state index >= 15 is 0 Å². The van der Waals surface area contributed by atoms with E-state index < -0.39 is 17.6 Å². The van der Waals surface area contributed by atoms with Gasteiger partial charge in [-0.15, -0.1) is 0 Å². The van der Waals surface area contributed by atoms with Crippen molar-refractivity contribution in [2.45, 2.75) is 32.4 Å². The van der Waals surface area contributed by atoms with Crippen molar-refractivity contribution < 1.29 is 27.2 Å². The van der Waals surface area contributed by atoms with Crippen LogP contribution in [0.4, 0.5) is 28.0 Å². The summed E-state index contributed by atoms with van der Waals surface area (Å²) in [4.78, 5) is 28.8. The third kappa shape index (κ3) is 4.96. The number of halogens is 4. The second-order valence-electron chi connectivity index (χ2n) is 8.93. The van der Waals surface area contributed by atoms with Gasteiger partial charge in [0.25, 0.3) is 5.91 Å². The summed E-state index contributed by atoms with van der Waals surface area (Å²) in [6.07, 6.45) is -2.16. The first-order valence-electron chi connectivity index (χ1n) is 10.8. The summed E-state index contributed by atoms with van der Waals surface area (Å²) in [5, 5.41) is 2.66. The van der Waals surface area contributed by atoms with Crippen molar-refractivity contribution >= 4 is 17.6 Å². The van der Waals surface area contributed by atoms with Crippen molar-refractivity contribution in [1.29, 1.82) is 0 Å². The van der Waals surface area contributed by atoms with E-state index in [1.165, 1.54) is 18.2 Å². The summed E-state index contributed by atoms with van der Waals surface area (Å²) in [6.45, 7) is 3.78. The molecule has 2 aromatic carbocycles. The predicted molar refractivity (Wildman–Crippen MR) is 115 cm³/mol. The lowest BCUT2D eigenvalue weighted by atomic mass is 9.77. The number of nitrogens with zero attached hydrogens (tertiary/aromatic N) is 2. The van der Waals surface area contributed by atoms with Crippen LogP contribution in [0.15, 0.2) is 42.5 Å². The molecule has 0 aromatic heterocycles. The van der Waals surface area contributed by atoms with Gasteiger partial charge in [-0.2, -0.15) is 13.2 Å². The van der Waals surface area contributed by atoms with Gasteiger partial charge in [-0.05, 0) is 73.6 Å². The smallest absolute Gasteiger partial charge is 0.339 e. The van der Waals surface area contributed by atoms with Crippen LogP contribution in [0, 0.1) is 18.2 Å². The molecule has 2 heterocycles. The van der Waals surface area contributed by atoms with Crippen LogP contribution in [0.2, 0.25) is 0 Å². The Labute approximate surface area is 189 Å². The molecule has 0 saturated carbocycles. The van der Waals surface area contributed by atoms with E-state index in [0.29, 0.717) is 43.0 Å². The summed E-state index contributed by atoms with van der Waals surface area (Å²) in [6, 6.07) is 8.51. The second kappa shape index (κ2) is 8.68. The summed E-state index contributed by atoms with van der Waals surface area (Å²) >= 11 is 0. The maximum atomic E-state index is 13.8. The summed E-state index contributed by atoms with van der Waals surface area (Å²) in [7, 11) is 0. The van der Waals surface area contributed by atoms with Gasteiger partial charge < -0.3 is 15.1 Å². The van der Waals surface area contributed by atoms with Crippen molar-refractivity contribution in [1.82, 2.24) is 9.80 Å². The van der Waals surface area contributed by atoms with E-state index in [1.807, 2.05) is 0 Å². The Morgan fingerprint density at radius 3 is 2.12 bits per heavy atom. The Morgan fingerprint density at radius 1 is 0.939 bits per heavy atom. The third-order valence-corrected chi connectivity index (χ3v) is 6.72. The molecule has 0 radical (unpaired) electrons. The normalized spacial score (nSPS) is 18.0. The Hall–Kier alpha value is -3.10. The number of likely N-dealkylation sites (tertiary alicyclic amines) is 2. The minimum Gasteiger partial charge on any atom is -0.339 e. The fraction of sp³-hybridized carbons (Fsp3) is 0.417. The molecule has 2 aliphatic rings. The van der Waals surface area contributed by atoms with Crippen LogP contribution in [0.3, 0.4) is 0 Å². The van der Waals surface area contributed by atoms with Crippen molar-refractivity contribution in [3.8, 4) is 0 Å². The van der Waals surface area contributed by atoms with Gasteiger partial charge in [-0.3, -0.25) is 4.79 Å². The molecule has 3 amide bonds. The van der Waals surface area contributed by atoms with E-state index in [4.69, 9.17) is 0 Å². The van der Waals surface area contributed by atoms with Gasteiger partial charge in [0.2, 0.25) is 0 Å². The number of hydrogen-bond acceptors (Lipinski definition) is 2. The number of nitrogens with one attached hydrogen (secondary N) is 1. The first-order chi connectivity index (χ1) is 15.6. The lowest BCUT2D eigenvalue weighted by Gasteiger charge is -2.39. The van der Waals surface area contributed by atoms with Crippen LogP contribution in [0.25, 0.3) is 0 Å². The van der Waals surface area contributed by atoms with Crippen molar-refractivity contribution in [3.63, 3.8) is 0 Å². The molecule has 4 rings (SSSR count). The van der Waals surface area contributed by atoms with E-state index in [-0.39, 0.29) is 17.4 Å². The molecule has 33 heavy (non-hydrogen) atoms. The zero-order valence-electron chi connectivity index (χ0n) is 18.2. The minimum atomic E-state index is -4.42. The van der Waals surface area contributed by atoms with Gasteiger partial charge in [0, 0.05) is 37.4 Å². The van der Waals surface area contributed by atoms with Gasteiger partial charge in [0.15, 0.2) is 0 Å². The molecule has 2 saturated heterocycles. The number of benzene rings is 2. The van der Waals surface area contributed by atoms with E-state index in [0.717, 1.165) is 31.4 Å². The average molecular weight is 463 g/mol. The summed E-state index contributed by atoms with van der Waals surface area (Å²) in [5.74, 6) is -0.599. The maximum Gasteiger partial charge on any atom is 0.416 e. The number of carbonyl (C=O) groups is 2. The first-order valence-corrected chi connectivity index (χ1v) is 10.8. The van der Waals surface area contributed by atoms with E-state index in [9.17, 15) is 27.2 Å². The number of hydrogen-bond donors (Lipinski definition) is 1. The molecule has 2 aromatic rings. The molecule has 2 aliphatic heterocycles. The van der Waals surface area contributed by atoms with Crippen LogP contribution in [0.5, 0.6) is 0 Å². The Kier molecular flexibility index (Phi) is 6.07. The quantitative estimate of drug-likeness (QED) is 0.614. The number of piperidine rings is 1. The van der Waals surface area contributed by atoms with Gasteiger partial charge in [-0.1, -0.05) is 6.07 Å². The zero-order valence-corrected chi connectivity index (χ0v) is 18.2. The fourth-order valence-electron chi connectivity index (χ4n) is 4.55. The van der Waals surface area contributed by atoms with Gasteiger partial charge >= 0.3 is 12.2 Å². The molecule has 2 fully saturated rings. The van der Waals surface area contributed by atoms with E-state index in [1.54, 1.807) is 28.9 Å². The third-order valence-electron chi connectivity index (χ3n) is 6.72. The maximum absolute atomic E-state index is 13.8. The van der Waals surface area contributed by atoms with Crippen LogP contribution < -0.4 is 5.32 Å². The molecule has 176 valence electrons. The topological polar surface area (TPSA) is 52.7 Å². The predicted octanol–water partition coefficient (Wildman–Crippen LogP) is 5.31. The Balaban J connectivity index is 1.32. The lowest BCUT2D eigenvalue weighted by Crippen LogP contribution is -2.45. The minimum absolute atomic E-state index is 0.0905. The number of anilines is 1. The monoisotopic (exact) mass is 463 g/mol. The highest BCUT2D eigenvalue weighted by Gasteiger charge is 2.43. The van der Waals surface area contributed by atoms with Crippen molar-refractivity contribution in [3.05, 3.63) is 65.0 Å². The van der Waals surface area contributed by atoms with Gasteiger partial charge in [-0.25, -0.2) is 9.18 Å². The van der Waals surface area contributed by atoms with Crippen LogP contribution in [-0.4, -0.2) is 47.9 Å². The molecule has 0 aliphatic carbocycles. The average Bonchev–Trinajstić information content (AvgIpc) is 3.19. The number of rotatable bonds is 2. The lowest BCUT2D eigenvalue weighted by molar-refractivity contribution is -0.137. The van der Waals surface area contributed by atoms with E-state index in [2.05, 4.69) is 5.32 Å². The van der Waals surface area contributed by atoms with Crippen LogP contribution in [0.1, 0.15) is 40.7 Å². The number of aryl methyl sites for hydroxylation is 1. The Morgan fingerprint density at radius 2 is 1.55 bits per heavy atom. The van der Waals surface area contributed by atoms with Crippen molar-refractivity contribution in [2.75, 3.05) is 31.5 Å². The molecular formula is C24H25F4N3O2. The van der Waals surface area contributed by atoms with Crippen molar-refractivity contribution in [2.24, 2.45) is 5.41 Å². The molecule has 0 unspecified atom stereocenters. The zero-order chi connectivity index (χ0) is 23.8. The standard InChI is InChI=1S/C24H25F4N3O2/c1-16-2-3-17(14-20(16)25)21(32)30-11-8-23(9-12-30)10-13-31(15-23)22(33)29-19-6-4-18(5-7-19)24(26,27)28/h2-7,14H,8-13,15H2,1H3,(H,29,33). The van der Waals surface area contributed by atoms with Crippen LogP contribution in [-0.2, 0) is 6.18 Å². The number of urea groups is 1. The number of alkyl halides is 3. The first kappa shape index (κ1) is 23.1. The molecule has 5 nitrogen and oxygen atoms in total. The molecule has 1 N–H and O–H groups in total. The molecule has 1 spiro atoms. The largest absolute Gasteiger partial charge is 0.416 e. The molecule has 0 atom stereocenters. The molecule has 0 bridgehead atoms. The van der Waals surface area contributed by atoms with Gasteiger partial charge in [0.1, 0.15) is 5.82 Å². The SMILES string of the molecule is Cc1ccc(C(=O)N2CCC3(CCN(C(=O)Nc4ccc(C(F)(F)F)cc4)C3)CC2)cc1F. The summed E-state index contributed by atoms with van der Waals surface area (Å²) < 4.78 is 51.9. The van der Waals surface area contributed by atoms with Crippen LogP contribution >= 0.6 is 0 Å². The number of amides is 3. The number of carbonyl (C=O) groups excluding carboxylic acids is 2. The highest BCUT2D eigenvalue weighted by molar-refractivity contribution is 5.94. The van der Waals surface area contributed by atoms with Gasteiger partial charge in [0.05, 0.1) is 5.56 Å². The molecule has 9 heteroatoms.